The van der Waals surface area contributed by atoms with Crippen molar-refractivity contribution < 1.29 is 19.4 Å². The Kier molecular flexibility index (Phi) is 7.10. The molecule has 10 heteroatoms. The highest BCUT2D eigenvalue weighted by Gasteiger charge is 2.28. The molecule has 3 aliphatic rings. The fraction of sp³-hybridized carbons (Fsp3) is 0.429. The molecule has 200 valence electrons. The van der Waals surface area contributed by atoms with E-state index in [1.807, 2.05) is 12.1 Å². The first kappa shape index (κ1) is 25.0. The van der Waals surface area contributed by atoms with Gasteiger partial charge in [-0.1, -0.05) is 11.3 Å². The first-order valence-electron chi connectivity index (χ1n) is 13.3. The summed E-state index contributed by atoms with van der Waals surface area (Å²) in [4.78, 5) is 22.8. The van der Waals surface area contributed by atoms with E-state index in [-0.39, 0.29) is 17.7 Å². The van der Waals surface area contributed by atoms with Crippen LogP contribution in [0.15, 0.2) is 42.5 Å². The van der Waals surface area contributed by atoms with E-state index in [1.54, 1.807) is 18.2 Å². The number of fused-ring (bicyclic) bond motifs is 1. The SMILES string of the molecule is Nc1nc(Nc2ccc(N3CCC(N4CCCC(O)C4)CC3)cc2)sc1C(=O)c1ccc2c(c1)OCCO2. The van der Waals surface area contributed by atoms with Gasteiger partial charge < -0.3 is 30.5 Å². The van der Waals surface area contributed by atoms with Crippen molar-refractivity contribution in [2.45, 2.75) is 37.8 Å². The van der Waals surface area contributed by atoms with Gasteiger partial charge in [-0.3, -0.25) is 9.69 Å². The van der Waals surface area contributed by atoms with Crippen LogP contribution in [0.3, 0.4) is 0 Å². The standard InChI is InChI=1S/C28H33N5O4S/c29-27-26(25(35)18-3-8-23-24(16-18)37-15-14-36-23)38-28(31-27)30-19-4-6-20(7-5-19)32-12-9-21(10-13-32)33-11-1-2-22(34)17-33/h3-8,16,21-22,34H,1-2,9-15,17,29H2,(H,30,31). The maximum Gasteiger partial charge on any atom is 0.206 e. The molecule has 0 bridgehead atoms. The molecule has 6 rings (SSSR count). The molecule has 0 spiro atoms. The van der Waals surface area contributed by atoms with Crippen LogP contribution in [0.2, 0.25) is 0 Å². The minimum atomic E-state index is -0.192. The topological polar surface area (TPSA) is 113 Å². The van der Waals surface area contributed by atoms with Gasteiger partial charge in [0.05, 0.1) is 6.10 Å². The molecule has 0 saturated carbocycles. The van der Waals surface area contributed by atoms with Gasteiger partial charge in [-0.15, -0.1) is 0 Å². The van der Waals surface area contributed by atoms with Crippen LogP contribution in [-0.4, -0.2) is 72.3 Å². The summed E-state index contributed by atoms with van der Waals surface area (Å²) in [6.45, 7) is 4.91. The van der Waals surface area contributed by atoms with Gasteiger partial charge in [0.25, 0.3) is 0 Å². The summed E-state index contributed by atoms with van der Waals surface area (Å²) >= 11 is 1.24. The first-order chi connectivity index (χ1) is 18.5. The molecule has 0 aliphatic carbocycles. The monoisotopic (exact) mass is 535 g/mol. The largest absolute Gasteiger partial charge is 0.486 e. The molecular weight excluding hydrogens is 502 g/mol. The number of hydrogen-bond acceptors (Lipinski definition) is 10. The van der Waals surface area contributed by atoms with Crippen LogP contribution < -0.4 is 25.4 Å². The van der Waals surface area contributed by atoms with Gasteiger partial charge in [-0.2, -0.15) is 0 Å². The minimum absolute atomic E-state index is 0.169. The van der Waals surface area contributed by atoms with Crippen LogP contribution in [0.1, 0.15) is 40.9 Å². The number of anilines is 4. The van der Waals surface area contributed by atoms with Crippen LogP contribution in [0.5, 0.6) is 11.5 Å². The van der Waals surface area contributed by atoms with E-state index in [2.05, 4.69) is 32.2 Å². The zero-order valence-electron chi connectivity index (χ0n) is 21.3. The number of β-amino-alcohol motifs (C(OH)–C–C–N with tert-alkyl or cyclic N) is 1. The molecule has 1 aromatic heterocycles. The van der Waals surface area contributed by atoms with Crippen LogP contribution in [0.4, 0.5) is 22.3 Å². The number of hydrogen-bond donors (Lipinski definition) is 3. The van der Waals surface area contributed by atoms with Gasteiger partial charge in [0.1, 0.15) is 23.9 Å². The number of nitrogens with two attached hydrogens (primary N) is 1. The van der Waals surface area contributed by atoms with Gasteiger partial charge in [0, 0.05) is 42.6 Å². The van der Waals surface area contributed by atoms with E-state index in [1.165, 1.54) is 17.0 Å². The molecule has 4 heterocycles. The normalized spacial score (nSPS) is 20.3. The fourth-order valence-corrected chi connectivity index (χ4v) is 6.41. The molecule has 38 heavy (non-hydrogen) atoms. The number of aliphatic hydroxyl groups is 1. The zero-order valence-corrected chi connectivity index (χ0v) is 22.1. The second-order valence-electron chi connectivity index (χ2n) is 10.1. The molecule has 3 aliphatic heterocycles. The lowest BCUT2D eigenvalue weighted by molar-refractivity contribution is 0.0398. The molecule has 1 unspecified atom stereocenters. The lowest BCUT2D eigenvalue weighted by atomic mass is 9.98. The van der Waals surface area contributed by atoms with Crippen molar-refractivity contribution in [1.29, 1.82) is 0 Å². The number of carbonyl (C=O) groups is 1. The third kappa shape index (κ3) is 5.29. The number of ketones is 1. The van der Waals surface area contributed by atoms with Gasteiger partial charge >= 0.3 is 0 Å². The summed E-state index contributed by atoms with van der Waals surface area (Å²) in [5.74, 6) is 1.22. The van der Waals surface area contributed by atoms with E-state index >= 15 is 0 Å². The first-order valence-corrected chi connectivity index (χ1v) is 14.1. The number of carbonyl (C=O) groups excluding carboxylic acids is 1. The van der Waals surface area contributed by atoms with Crippen molar-refractivity contribution in [2.24, 2.45) is 0 Å². The third-order valence-electron chi connectivity index (χ3n) is 7.56. The molecule has 2 aromatic carbocycles. The van der Waals surface area contributed by atoms with E-state index < -0.39 is 0 Å². The van der Waals surface area contributed by atoms with Crippen LogP contribution in [-0.2, 0) is 0 Å². The second kappa shape index (κ2) is 10.8. The van der Waals surface area contributed by atoms with Crippen molar-refractivity contribution in [2.75, 3.05) is 55.3 Å². The average molecular weight is 536 g/mol. The van der Waals surface area contributed by atoms with Gasteiger partial charge in [0.2, 0.25) is 5.78 Å². The Balaban J connectivity index is 1.07. The van der Waals surface area contributed by atoms with Crippen molar-refractivity contribution >= 4 is 39.4 Å². The Bertz CT molecular complexity index is 1290. The maximum absolute atomic E-state index is 13.1. The summed E-state index contributed by atoms with van der Waals surface area (Å²) in [6.07, 6.45) is 4.09. The lowest BCUT2D eigenvalue weighted by Gasteiger charge is -2.42. The number of aliphatic hydroxyl groups excluding tert-OH is 1. The Morgan fingerprint density at radius 2 is 1.79 bits per heavy atom. The van der Waals surface area contributed by atoms with Crippen molar-refractivity contribution in [3.05, 3.63) is 52.9 Å². The molecule has 9 nitrogen and oxygen atoms in total. The van der Waals surface area contributed by atoms with Crippen LogP contribution >= 0.6 is 11.3 Å². The smallest absolute Gasteiger partial charge is 0.206 e. The van der Waals surface area contributed by atoms with Gasteiger partial charge in [-0.05, 0) is 74.7 Å². The Labute approximate surface area is 226 Å². The number of piperidine rings is 2. The minimum Gasteiger partial charge on any atom is -0.486 e. The third-order valence-corrected chi connectivity index (χ3v) is 8.54. The predicted octanol–water partition coefficient (Wildman–Crippen LogP) is 3.90. The quantitative estimate of drug-likeness (QED) is 0.405. The molecule has 4 N–H and O–H groups in total. The van der Waals surface area contributed by atoms with Crippen LogP contribution in [0, 0.1) is 0 Å². The zero-order chi connectivity index (χ0) is 26.1. The number of nitrogens with zero attached hydrogens (tertiary/aromatic N) is 3. The molecule has 1 atom stereocenters. The second-order valence-corrected chi connectivity index (χ2v) is 11.1. The highest BCUT2D eigenvalue weighted by atomic mass is 32.1. The van der Waals surface area contributed by atoms with Crippen LogP contribution in [0.25, 0.3) is 0 Å². The Morgan fingerprint density at radius 1 is 1.03 bits per heavy atom. The Morgan fingerprint density at radius 3 is 2.55 bits per heavy atom. The van der Waals surface area contributed by atoms with Crippen molar-refractivity contribution in [3.8, 4) is 11.5 Å². The van der Waals surface area contributed by atoms with E-state index in [0.717, 1.165) is 57.5 Å². The molecule has 2 fully saturated rings. The number of thiazole rings is 1. The van der Waals surface area contributed by atoms with E-state index in [4.69, 9.17) is 15.2 Å². The molecular formula is C28H33N5O4S. The highest BCUT2D eigenvalue weighted by molar-refractivity contribution is 7.18. The summed E-state index contributed by atoms with van der Waals surface area (Å²) < 4.78 is 11.2. The van der Waals surface area contributed by atoms with Crippen molar-refractivity contribution in [3.63, 3.8) is 0 Å². The summed E-state index contributed by atoms with van der Waals surface area (Å²) in [6, 6.07) is 14.0. The molecule has 0 amide bonds. The lowest BCUT2D eigenvalue weighted by Crippen LogP contribution is -2.49. The fourth-order valence-electron chi connectivity index (χ4n) is 5.55. The number of rotatable bonds is 6. The van der Waals surface area contributed by atoms with Gasteiger partial charge in [-0.25, -0.2) is 4.98 Å². The van der Waals surface area contributed by atoms with E-state index in [0.29, 0.717) is 46.3 Å². The number of likely N-dealkylation sites (tertiary alicyclic amines) is 1. The summed E-state index contributed by atoms with van der Waals surface area (Å²) in [5.41, 5.74) is 8.69. The molecule has 3 aromatic rings. The van der Waals surface area contributed by atoms with E-state index in [9.17, 15) is 9.90 Å². The van der Waals surface area contributed by atoms with Gasteiger partial charge in [0.15, 0.2) is 16.6 Å². The number of ether oxygens (including phenoxy) is 2. The van der Waals surface area contributed by atoms with Crippen molar-refractivity contribution in [1.82, 2.24) is 9.88 Å². The molecule has 2 saturated heterocycles. The summed E-state index contributed by atoms with van der Waals surface area (Å²) in [5, 5.41) is 13.9. The maximum atomic E-state index is 13.1. The number of nitrogen functional groups attached to an aromatic ring is 1. The number of benzene rings is 2. The number of nitrogens with one attached hydrogen (secondary N) is 1. The highest BCUT2D eigenvalue weighted by Crippen LogP contribution is 2.35. The average Bonchev–Trinajstić information content (AvgIpc) is 3.32. The Hall–Kier alpha value is -3.34. The number of aromatic nitrogens is 1. The molecule has 0 radical (unpaired) electrons. The summed E-state index contributed by atoms with van der Waals surface area (Å²) in [7, 11) is 0. The predicted molar refractivity (Wildman–Crippen MR) is 149 cm³/mol.